The first-order chi connectivity index (χ1) is 10.6. The van der Waals surface area contributed by atoms with Crippen molar-refractivity contribution < 1.29 is 0 Å². The topological polar surface area (TPSA) is 3.24 Å². The molecular formula is C17H18BrNS3. The highest BCUT2D eigenvalue weighted by molar-refractivity contribution is 9.11. The molecule has 3 heterocycles. The van der Waals surface area contributed by atoms with Crippen LogP contribution in [0.5, 0.6) is 0 Å². The van der Waals surface area contributed by atoms with Gasteiger partial charge in [0.25, 0.3) is 0 Å². The smallest absolute Gasteiger partial charge is 0.0705 e. The predicted molar refractivity (Wildman–Crippen MR) is 106 cm³/mol. The van der Waals surface area contributed by atoms with Crippen molar-refractivity contribution >= 4 is 49.9 Å². The monoisotopic (exact) mass is 411 g/mol. The Morgan fingerprint density at radius 3 is 2.05 bits per heavy atom. The van der Waals surface area contributed by atoms with Gasteiger partial charge < -0.3 is 4.90 Å². The fourth-order valence-corrected chi connectivity index (χ4v) is 5.89. The number of hydrogen-bond acceptors (Lipinski definition) is 4. The minimum atomic E-state index is 1.16. The maximum atomic E-state index is 3.54. The molecule has 0 aliphatic carbocycles. The molecule has 0 aromatic carbocycles. The van der Waals surface area contributed by atoms with Gasteiger partial charge in [-0.2, -0.15) is 0 Å². The molecule has 0 radical (unpaired) electrons. The summed E-state index contributed by atoms with van der Waals surface area (Å²) in [7, 11) is 4.27. The average Bonchev–Trinajstić information content (AvgIpc) is 3.16. The SMILES string of the molecule is CN(C)CCCc1ccc(-c2ccc(-c3ccc(Br)s3)s2)s1. The summed E-state index contributed by atoms with van der Waals surface area (Å²) in [6.07, 6.45) is 2.41. The third-order valence-corrected chi connectivity index (χ3v) is 7.60. The molecule has 0 aliphatic heterocycles. The maximum Gasteiger partial charge on any atom is 0.0705 e. The predicted octanol–water partition coefficient (Wildman–Crippen LogP) is 6.46. The number of rotatable bonds is 6. The molecule has 1 nitrogen and oxygen atoms in total. The second kappa shape index (κ2) is 7.41. The lowest BCUT2D eigenvalue weighted by atomic mass is 10.2. The van der Waals surface area contributed by atoms with Crippen molar-refractivity contribution in [2.75, 3.05) is 20.6 Å². The van der Waals surface area contributed by atoms with Crippen molar-refractivity contribution in [2.24, 2.45) is 0 Å². The summed E-state index contributed by atoms with van der Waals surface area (Å²) in [6, 6.07) is 13.4. The van der Waals surface area contributed by atoms with Crippen LogP contribution in [0.4, 0.5) is 0 Å². The van der Waals surface area contributed by atoms with E-state index >= 15 is 0 Å². The van der Waals surface area contributed by atoms with Crippen LogP contribution in [-0.4, -0.2) is 25.5 Å². The Morgan fingerprint density at radius 1 is 0.818 bits per heavy atom. The molecule has 0 bridgehead atoms. The maximum absolute atomic E-state index is 3.54. The Hall–Kier alpha value is -0.460. The highest BCUT2D eigenvalue weighted by Crippen LogP contribution is 2.40. The van der Waals surface area contributed by atoms with E-state index in [0.717, 1.165) is 6.54 Å². The van der Waals surface area contributed by atoms with Gasteiger partial charge in [0.2, 0.25) is 0 Å². The largest absolute Gasteiger partial charge is 0.309 e. The van der Waals surface area contributed by atoms with Crippen LogP contribution in [-0.2, 0) is 6.42 Å². The van der Waals surface area contributed by atoms with Gasteiger partial charge in [0.1, 0.15) is 0 Å². The van der Waals surface area contributed by atoms with E-state index in [2.05, 4.69) is 71.3 Å². The third-order valence-electron chi connectivity index (χ3n) is 3.36. The van der Waals surface area contributed by atoms with E-state index in [1.807, 2.05) is 22.7 Å². The summed E-state index contributed by atoms with van der Waals surface area (Å²) < 4.78 is 1.19. The molecule has 0 fully saturated rings. The summed E-state index contributed by atoms with van der Waals surface area (Å²) in [6.45, 7) is 1.16. The molecule has 5 heteroatoms. The molecule has 0 unspecified atom stereocenters. The van der Waals surface area contributed by atoms with E-state index in [0.29, 0.717) is 0 Å². The Labute approximate surface area is 152 Å². The van der Waals surface area contributed by atoms with Crippen LogP contribution in [0, 0.1) is 0 Å². The average molecular weight is 412 g/mol. The van der Waals surface area contributed by atoms with Gasteiger partial charge >= 0.3 is 0 Å². The second-order valence-corrected chi connectivity index (χ2v) is 10.2. The van der Waals surface area contributed by atoms with Crippen molar-refractivity contribution in [3.05, 3.63) is 45.1 Å². The van der Waals surface area contributed by atoms with Crippen LogP contribution >= 0.6 is 49.9 Å². The van der Waals surface area contributed by atoms with Crippen LogP contribution in [0.1, 0.15) is 11.3 Å². The van der Waals surface area contributed by atoms with Crippen molar-refractivity contribution in [3.8, 4) is 19.5 Å². The van der Waals surface area contributed by atoms with Gasteiger partial charge in [0, 0.05) is 24.4 Å². The molecular weight excluding hydrogens is 394 g/mol. The number of aryl methyl sites for hydroxylation is 1. The molecule has 0 amide bonds. The van der Waals surface area contributed by atoms with Crippen LogP contribution in [0.3, 0.4) is 0 Å². The zero-order valence-corrected chi connectivity index (χ0v) is 16.7. The van der Waals surface area contributed by atoms with Crippen LogP contribution < -0.4 is 0 Å². The molecule has 0 aliphatic rings. The first-order valence-electron chi connectivity index (χ1n) is 7.21. The lowest BCUT2D eigenvalue weighted by Gasteiger charge is -2.07. The van der Waals surface area contributed by atoms with Crippen LogP contribution in [0.2, 0.25) is 0 Å². The Morgan fingerprint density at radius 2 is 1.41 bits per heavy atom. The van der Waals surface area contributed by atoms with Gasteiger partial charge in [0.05, 0.1) is 3.79 Å². The van der Waals surface area contributed by atoms with E-state index in [4.69, 9.17) is 0 Å². The summed E-state index contributed by atoms with van der Waals surface area (Å²) in [5, 5.41) is 0. The zero-order valence-electron chi connectivity index (χ0n) is 12.6. The minimum Gasteiger partial charge on any atom is -0.309 e. The fraction of sp³-hybridized carbons (Fsp3) is 0.294. The van der Waals surface area contributed by atoms with Crippen LogP contribution in [0.25, 0.3) is 19.5 Å². The third kappa shape index (κ3) is 4.09. The number of nitrogens with zero attached hydrogens (tertiary/aromatic N) is 1. The van der Waals surface area contributed by atoms with Crippen molar-refractivity contribution in [3.63, 3.8) is 0 Å². The van der Waals surface area contributed by atoms with Gasteiger partial charge in [0.15, 0.2) is 0 Å². The minimum absolute atomic E-state index is 1.16. The van der Waals surface area contributed by atoms with Crippen molar-refractivity contribution in [1.82, 2.24) is 4.90 Å². The molecule has 3 aromatic heterocycles. The molecule has 0 saturated heterocycles. The Bertz CT molecular complexity index is 739. The quantitative estimate of drug-likeness (QED) is 0.449. The lowest BCUT2D eigenvalue weighted by Crippen LogP contribution is -2.13. The van der Waals surface area contributed by atoms with Crippen molar-refractivity contribution in [2.45, 2.75) is 12.8 Å². The van der Waals surface area contributed by atoms with Gasteiger partial charge in [-0.3, -0.25) is 0 Å². The molecule has 0 N–H and O–H groups in total. The molecule has 3 aromatic rings. The van der Waals surface area contributed by atoms with Gasteiger partial charge in [-0.05, 0) is 85.8 Å². The second-order valence-electron chi connectivity index (χ2n) is 5.44. The van der Waals surface area contributed by atoms with E-state index in [1.165, 1.54) is 41.0 Å². The van der Waals surface area contributed by atoms with Gasteiger partial charge in [-0.25, -0.2) is 0 Å². The molecule has 22 heavy (non-hydrogen) atoms. The fourth-order valence-electron chi connectivity index (χ4n) is 2.26. The van der Waals surface area contributed by atoms with E-state index in [-0.39, 0.29) is 0 Å². The Balaban J connectivity index is 1.70. The highest BCUT2D eigenvalue weighted by Gasteiger charge is 2.09. The molecule has 0 atom stereocenters. The number of thiophene rings is 3. The number of hydrogen-bond donors (Lipinski definition) is 0. The normalized spacial score (nSPS) is 11.5. The zero-order chi connectivity index (χ0) is 15.5. The highest BCUT2D eigenvalue weighted by atomic mass is 79.9. The standard InChI is InChI=1S/C17H18BrNS3/c1-19(2)11-3-4-12-5-6-13(20-12)14-7-8-15(21-14)16-9-10-17(18)22-16/h5-10H,3-4,11H2,1-2H3. The summed E-state index contributed by atoms with van der Waals surface area (Å²) in [5.74, 6) is 0. The Kier molecular flexibility index (Phi) is 5.52. The van der Waals surface area contributed by atoms with Gasteiger partial charge in [-0.1, -0.05) is 0 Å². The lowest BCUT2D eigenvalue weighted by molar-refractivity contribution is 0.401. The van der Waals surface area contributed by atoms with Gasteiger partial charge in [-0.15, -0.1) is 34.0 Å². The summed E-state index contributed by atoms with van der Waals surface area (Å²) in [4.78, 5) is 9.21. The first kappa shape index (κ1) is 16.4. The summed E-state index contributed by atoms with van der Waals surface area (Å²) >= 11 is 9.16. The molecule has 3 rings (SSSR count). The van der Waals surface area contributed by atoms with Crippen molar-refractivity contribution in [1.29, 1.82) is 0 Å². The van der Waals surface area contributed by atoms with E-state index in [1.54, 1.807) is 11.3 Å². The van der Waals surface area contributed by atoms with E-state index < -0.39 is 0 Å². The molecule has 0 saturated carbocycles. The van der Waals surface area contributed by atoms with E-state index in [9.17, 15) is 0 Å². The molecule has 0 spiro atoms. The summed E-state index contributed by atoms with van der Waals surface area (Å²) in [5.41, 5.74) is 0. The number of halogens is 1. The van der Waals surface area contributed by atoms with Crippen LogP contribution in [0.15, 0.2) is 40.2 Å². The molecule has 116 valence electrons. The first-order valence-corrected chi connectivity index (χ1v) is 10.5.